The number of fused-ring (bicyclic) bond motifs is 4. The summed E-state index contributed by atoms with van der Waals surface area (Å²) in [6.45, 7) is 6.63. The van der Waals surface area contributed by atoms with Crippen molar-refractivity contribution in [1.29, 1.82) is 0 Å². The SMILES string of the molecule is CCN(C(=O)c1ccc(N2CC3CC(C2)c2cccc(=O)n2C3)c(NC(=O)c2ccccc2Br)c1)c1cccc(C)c1. The third kappa shape index (κ3) is 5.39. The Labute approximate surface area is 253 Å². The lowest BCUT2D eigenvalue weighted by Crippen LogP contribution is -2.47. The minimum Gasteiger partial charge on any atom is -0.369 e. The summed E-state index contributed by atoms with van der Waals surface area (Å²) in [6.07, 6.45) is 1.02. The van der Waals surface area contributed by atoms with E-state index in [4.69, 9.17) is 0 Å². The fraction of sp³-hybridized carbons (Fsp3) is 0.265. The molecule has 7 nitrogen and oxygen atoms in total. The molecule has 2 atom stereocenters. The van der Waals surface area contributed by atoms with Gasteiger partial charge in [0.25, 0.3) is 17.4 Å². The van der Waals surface area contributed by atoms with Crippen LogP contribution in [0.15, 0.2) is 94.2 Å². The summed E-state index contributed by atoms with van der Waals surface area (Å²) < 4.78 is 2.61. The minimum atomic E-state index is -0.256. The number of hydrogen-bond acceptors (Lipinski definition) is 4. The van der Waals surface area contributed by atoms with Gasteiger partial charge < -0.3 is 19.7 Å². The molecule has 0 spiro atoms. The highest BCUT2D eigenvalue weighted by Gasteiger charge is 2.35. The summed E-state index contributed by atoms with van der Waals surface area (Å²) >= 11 is 3.50. The molecule has 0 aliphatic carbocycles. The summed E-state index contributed by atoms with van der Waals surface area (Å²) in [7, 11) is 0. The lowest BCUT2D eigenvalue weighted by atomic mass is 9.83. The van der Waals surface area contributed by atoms with Crippen LogP contribution in [0.25, 0.3) is 0 Å². The average molecular weight is 626 g/mol. The molecule has 1 saturated heterocycles. The normalized spacial score (nSPS) is 17.4. The molecular formula is C34H33BrN4O3. The molecular weight excluding hydrogens is 592 g/mol. The van der Waals surface area contributed by atoms with Crippen LogP contribution < -0.4 is 20.7 Å². The zero-order valence-electron chi connectivity index (χ0n) is 23.7. The number of rotatable bonds is 6. The number of carbonyl (C=O) groups is 2. The fourth-order valence-electron chi connectivity index (χ4n) is 6.37. The number of nitrogens with one attached hydrogen (secondary N) is 1. The van der Waals surface area contributed by atoms with Crippen molar-refractivity contribution in [3.63, 3.8) is 0 Å². The molecule has 42 heavy (non-hydrogen) atoms. The van der Waals surface area contributed by atoms with Crippen LogP contribution in [0, 0.1) is 12.8 Å². The molecule has 2 aliphatic heterocycles. The van der Waals surface area contributed by atoms with Gasteiger partial charge in [0, 0.05) is 59.6 Å². The summed E-state index contributed by atoms with van der Waals surface area (Å²) in [4.78, 5) is 43.9. The zero-order chi connectivity index (χ0) is 29.4. The third-order valence-electron chi connectivity index (χ3n) is 8.31. The van der Waals surface area contributed by atoms with E-state index in [0.717, 1.165) is 42.1 Å². The van der Waals surface area contributed by atoms with E-state index in [1.807, 2.05) is 85.1 Å². The Bertz CT molecular complexity index is 1730. The maximum absolute atomic E-state index is 13.8. The van der Waals surface area contributed by atoms with Crippen molar-refractivity contribution in [2.75, 3.05) is 34.8 Å². The quantitative estimate of drug-likeness (QED) is 0.267. The van der Waals surface area contributed by atoms with E-state index < -0.39 is 0 Å². The lowest BCUT2D eigenvalue weighted by molar-refractivity contribution is 0.0985. The van der Waals surface area contributed by atoms with Crippen molar-refractivity contribution >= 4 is 44.8 Å². The van der Waals surface area contributed by atoms with Gasteiger partial charge in [-0.25, -0.2) is 0 Å². The van der Waals surface area contributed by atoms with Crippen LogP contribution in [0.2, 0.25) is 0 Å². The van der Waals surface area contributed by atoms with E-state index in [1.165, 1.54) is 0 Å². The summed E-state index contributed by atoms with van der Waals surface area (Å²) in [5, 5.41) is 3.12. The smallest absolute Gasteiger partial charge is 0.258 e. The second-order valence-electron chi connectivity index (χ2n) is 11.2. The number of pyridine rings is 1. The van der Waals surface area contributed by atoms with Gasteiger partial charge in [0.15, 0.2) is 0 Å². The van der Waals surface area contributed by atoms with Crippen molar-refractivity contribution in [2.24, 2.45) is 5.92 Å². The Morgan fingerprint density at radius 3 is 2.55 bits per heavy atom. The summed E-state index contributed by atoms with van der Waals surface area (Å²) in [5.74, 6) is 0.126. The predicted molar refractivity (Wildman–Crippen MR) is 171 cm³/mol. The molecule has 4 aromatic rings. The molecule has 0 radical (unpaired) electrons. The molecule has 6 rings (SSSR count). The number of benzene rings is 3. The van der Waals surface area contributed by atoms with Crippen LogP contribution in [-0.4, -0.2) is 36.0 Å². The van der Waals surface area contributed by atoms with Crippen LogP contribution in [0.4, 0.5) is 17.1 Å². The largest absolute Gasteiger partial charge is 0.369 e. The molecule has 214 valence electrons. The molecule has 1 fully saturated rings. The third-order valence-corrected chi connectivity index (χ3v) is 9.00. The first-order valence-corrected chi connectivity index (χ1v) is 15.1. The Balaban J connectivity index is 1.37. The van der Waals surface area contributed by atoms with Crippen molar-refractivity contribution in [2.45, 2.75) is 32.7 Å². The topological polar surface area (TPSA) is 74.7 Å². The van der Waals surface area contributed by atoms with Gasteiger partial charge in [-0.2, -0.15) is 0 Å². The number of amides is 2. The van der Waals surface area contributed by atoms with Crippen LogP contribution in [0.3, 0.4) is 0 Å². The van der Waals surface area contributed by atoms with Crippen molar-refractivity contribution in [3.05, 3.63) is 122 Å². The molecule has 0 saturated carbocycles. The van der Waals surface area contributed by atoms with Gasteiger partial charge in [-0.3, -0.25) is 14.4 Å². The van der Waals surface area contributed by atoms with Gasteiger partial charge in [-0.05, 0) is 96.2 Å². The maximum Gasteiger partial charge on any atom is 0.258 e. The number of anilines is 3. The van der Waals surface area contributed by atoms with Crippen LogP contribution in [0.1, 0.15) is 51.2 Å². The van der Waals surface area contributed by atoms with E-state index >= 15 is 0 Å². The molecule has 1 aromatic heterocycles. The van der Waals surface area contributed by atoms with Crippen molar-refractivity contribution in [1.82, 2.24) is 4.57 Å². The molecule has 2 amide bonds. The molecule has 2 unspecified atom stereocenters. The lowest BCUT2D eigenvalue weighted by Gasteiger charge is -2.44. The average Bonchev–Trinajstić information content (AvgIpc) is 2.98. The van der Waals surface area contributed by atoms with Crippen molar-refractivity contribution in [3.8, 4) is 0 Å². The molecule has 2 aliphatic rings. The van der Waals surface area contributed by atoms with Gasteiger partial charge in [0.1, 0.15) is 0 Å². The number of carbonyl (C=O) groups excluding carboxylic acids is 2. The van der Waals surface area contributed by atoms with E-state index in [0.29, 0.717) is 40.3 Å². The molecule has 1 N–H and O–H groups in total. The zero-order valence-corrected chi connectivity index (χ0v) is 25.3. The molecule has 2 bridgehead atoms. The minimum absolute atomic E-state index is 0.0500. The summed E-state index contributed by atoms with van der Waals surface area (Å²) in [5.41, 5.74) is 5.50. The van der Waals surface area contributed by atoms with Gasteiger partial charge in [-0.15, -0.1) is 0 Å². The van der Waals surface area contributed by atoms with E-state index in [1.54, 1.807) is 23.1 Å². The van der Waals surface area contributed by atoms with Gasteiger partial charge >= 0.3 is 0 Å². The van der Waals surface area contributed by atoms with Crippen LogP contribution in [-0.2, 0) is 6.54 Å². The first-order valence-electron chi connectivity index (χ1n) is 14.4. The second-order valence-corrected chi connectivity index (χ2v) is 12.0. The number of piperidine rings is 1. The number of aromatic nitrogens is 1. The van der Waals surface area contributed by atoms with Gasteiger partial charge in [-0.1, -0.05) is 30.3 Å². The Morgan fingerprint density at radius 1 is 0.952 bits per heavy atom. The highest BCUT2D eigenvalue weighted by molar-refractivity contribution is 9.10. The fourth-order valence-corrected chi connectivity index (χ4v) is 6.83. The second kappa shape index (κ2) is 11.6. The van der Waals surface area contributed by atoms with Crippen LogP contribution in [0.5, 0.6) is 0 Å². The molecule has 3 aromatic carbocycles. The monoisotopic (exact) mass is 624 g/mol. The van der Waals surface area contributed by atoms with Gasteiger partial charge in [0.05, 0.1) is 16.9 Å². The number of nitrogens with zero attached hydrogens (tertiary/aromatic N) is 3. The Kier molecular flexibility index (Phi) is 7.73. The number of hydrogen-bond donors (Lipinski definition) is 1. The highest BCUT2D eigenvalue weighted by atomic mass is 79.9. The van der Waals surface area contributed by atoms with Crippen molar-refractivity contribution < 1.29 is 9.59 Å². The standard InChI is InChI=1S/C34H33BrN4O3/c1-3-38(26-9-6-8-22(2)16-26)34(42)24-14-15-31(29(18-24)36-33(41)27-10-4-5-11-28(27)35)37-19-23-17-25(21-37)30-12-7-13-32(40)39(30)20-23/h4-16,18,23,25H,3,17,19-21H2,1-2H3,(H,36,41). The molecule has 8 heteroatoms. The first-order chi connectivity index (χ1) is 20.3. The Hall–Kier alpha value is -4.17. The Morgan fingerprint density at radius 2 is 1.76 bits per heavy atom. The number of aryl methyl sites for hydroxylation is 1. The maximum atomic E-state index is 13.8. The van der Waals surface area contributed by atoms with E-state index in [-0.39, 0.29) is 23.3 Å². The molecule has 3 heterocycles. The van der Waals surface area contributed by atoms with E-state index in [2.05, 4.69) is 26.1 Å². The highest BCUT2D eigenvalue weighted by Crippen LogP contribution is 2.39. The van der Waals surface area contributed by atoms with E-state index in [9.17, 15) is 14.4 Å². The van der Waals surface area contributed by atoms with Crippen LogP contribution >= 0.6 is 15.9 Å². The number of halogens is 1. The predicted octanol–water partition coefficient (Wildman–Crippen LogP) is 6.46. The first kappa shape index (κ1) is 28.0. The van der Waals surface area contributed by atoms with Gasteiger partial charge in [0.2, 0.25) is 0 Å². The summed E-state index contributed by atoms with van der Waals surface area (Å²) in [6, 6.07) is 26.3.